The van der Waals surface area contributed by atoms with E-state index in [1.54, 1.807) is 30.5 Å². The van der Waals surface area contributed by atoms with E-state index in [0.29, 0.717) is 17.7 Å². The third kappa shape index (κ3) is 5.33. The molecular formula is C24H26FN5O2. The lowest BCUT2D eigenvalue weighted by atomic mass is 10.0. The van der Waals surface area contributed by atoms with Gasteiger partial charge in [-0.05, 0) is 43.0 Å². The second-order valence-electron chi connectivity index (χ2n) is 8.19. The second kappa shape index (κ2) is 9.93. The highest BCUT2D eigenvalue weighted by atomic mass is 19.1. The van der Waals surface area contributed by atoms with Crippen molar-refractivity contribution in [2.75, 3.05) is 7.05 Å². The van der Waals surface area contributed by atoms with E-state index in [1.807, 2.05) is 24.3 Å². The molecule has 0 spiro atoms. The van der Waals surface area contributed by atoms with Crippen LogP contribution in [-0.4, -0.2) is 50.0 Å². The van der Waals surface area contributed by atoms with Crippen molar-refractivity contribution >= 4 is 5.91 Å². The number of carbonyl (C=O) groups excluding carboxylic acids is 1. The SMILES string of the molecule is CN(Cc1cnccn1)C(=O)c1ccc(C[C@@H]2CC[C@H]([C@H](O)c3cncc(F)c3)N2)cc1. The number of nitrogens with zero attached hydrogens (tertiary/aromatic N) is 4. The minimum absolute atomic E-state index is 0.0758. The van der Waals surface area contributed by atoms with E-state index in [1.165, 1.54) is 12.3 Å². The van der Waals surface area contributed by atoms with E-state index in [-0.39, 0.29) is 18.0 Å². The molecule has 166 valence electrons. The normalized spacial score (nSPS) is 19.0. The summed E-state index contributed by atoms with van der Waals surface area (Å²) in [4.78, 5) is 26.4. The molecule has 0 saturated carbocycles. The molecule has 1 fully saturated rings. The van der Waals surface area contributed by atoms with E-state index >= 15 is 0 Å². The molecule has 32 heavy (non-hydrogen) atoms. The molecule has 1 saturated heterocycles. The van der Waals surface area contributed by atoms with Gasteiger partial charge in [-0.25, -0.2) is 4.39 Å². The molecule has 1 aromatic carbocycles. The van der Waals surface area contributed by atoms with Crippen molar-refractivity contribution in [3.8, 4) is 0 Å². The smallest absolute Gasteiger partial charge is 0.253 e. The van der Waals surface area contributed by atoms with Crippen LogP contribution in [0.5, 0.6) is 0 Å². The first-order valence-corrected chi connectivity index (χ1v) is 10.6. The third-order valence-corrected chi connectivity index (χ3v) is 5.77. The van der Waals surface area contributed by atoms with Gasteiger partial charge in [-0.3, -0.25) is 19.7 Å². The largest absolute Gasteiger partial charge is 0.387 e. The zero-order valence-corrected chi connectivity index (χ0v) is 17.9. The lowest BCUT2D eigenvalue weighted by Crippen LogP contribution is -2.35. The maximum absolute atomic E-state index is 13.4. The van der Waals surface area contributed by atoms with Gasteiger partial charge in [0.25, 0.3) is 5.91 Å². The number of aliphatic hydroxyl groups excluding tert-OH is 1. The van der Waals surface area contributed by atoms with Crippen LogP contribution >= 0.6 is 0 Å². The van der Waals surface area contributed by atoms with Gasteiger partial charge in [0.15, 0.2) is 0 Å². The van der Waals surface area contributed by atoms with Crippen LogP contribution in [-0.2, 0) is 13.0 Å². The van der Waals surface area contributed by atoms with Crippen molar-refractivity contribution in [2.24, 2.45) is 0 Å². The summed E-state index contributed by atoms with van der Waals surface area (Å²) in [5, 5.41) is 14.0. The van der Waals surface area contributed by atoms with Crippen molar-refractivity contribution in [1.82, 2.24) is 25.2 Å². The molecule has 8 heteroatoms. The molecule has 1 aliphatic rings. The predicted molar refractivity (Wildman–Crippen MR) is 117 cm³/mol. The lowest BCUT2D eigenvalue weighted by Gasteiger charge is -2.20. The van der Waals surface area contributed by atoms with Crippen LogP contribution < -0.4 is 5.32 Å². The van der Waals surface area contributed by atoms with Crippen LogP contribution in [0.4, 0.5) is 4.39 Å². The fourth-order valence-electron chi connectivity index (χ4n) is 4.10. The Labute approximate surface area is 186 Å². The Morgan fingerprint density at radius 2 is 2.00 bits per heavy atom. The van der Waals surface area contributed by atoms with Gasteiger partial charge >= 0.3 is 0 Å². The number of hydrogen-bond donors (Lipinski definition) is 2. The molecule has 1 amide bonds. The van der Waals surface area contributed by atoms with E-state index in [2.05, 4.69) is 20.3 Å². The highest BCUT2D eigenvalue weighted by molar-refractivity contribution is 5.94. The van der Waals surface area contributed by atoms with E-state index in [9.17, 15) is 14.3 Å². The predicted octanol–water partition coefficient (Wildman–Crippen LogP) is 2.68. The minimum atomic E-state index is -0.798. The molecule has 0 unspecified atom stereocenters. The maximum atomic E-state index is 13.4. The maximum Gasteiger partial charge on any atom is 0.253 e. The fourth-order valence-corrected chi connectivity index (χ4v) is 4.10. The van der Waals surface area contributed by atoms with Gasteiger partial charge in [0.1, 0.15) is 5.82 Å². The second-order valence-corrected chi connectivity index (χ2v) is 8.19. The Balaban J connectivity index is 1.31. The Morgan fingerprint density at radius 1 is 1.19 bits per heavy atom. The van der Waals surface area contributed by atoms with Gasteiger partial charge < -0.3 is 15.3 Å². The molecule has 4 rings (SSSR count). The third-order valence-electron chi connectivity index (χ3n) is 5.77. The molecule has 7 nitrogen and oxygen atoms in total. The van der Waals surface area contributed by atoms with Gasteiger partial charge in [0.05, 0.1) is 30.7 Å². The monoisotopic (exact) mass is 435 g/mol. The van der Waals surface area contributed by atoms with Crippen LogP contribution in [0.2, 0.25) is 0 Å². The number of amides is 1. The highest BCUT2D eigenvalue weighted by Crippen LogP contribution is 2.26. The molecule has 0 radical (unpaired) electrons. The summed E-state index contributed by atoms with van der Waals surface area (Å²) in [6.07, 6.45) is 9.18. The summed E-state index contributed by atoms with van der Waals surface area (Å²) in [7, 11) is 1.74. The Bertz CT molecular complexity index is 1050. The van der Waals surface area contributed by atoms with Gasteiger partial charge in [-0.15, -0.1) is 0 Å². The fraction of sp³-hybridized carbons (Fsp3) is 0.333. The summed E-state index contributed by atoms with van der Waals surface area (Å²) in [5.41, 5.74) is 2.94. The summed E-state index contributed by atoms with van der Waals surface area (Å²) in [5.74, 6) is -0.527. The summed E-state index contributed by atoms with van der Waals surface area (Å²) < 4.78 is 13.4. The van der Waals surface area contributed by atoms with Crippen LogP contribution in [0, 0.1) is 5.82 Å². The van der Waals surface area contributed by atoms with Crippen molar-refractivity contribution < 1.29 is 14.3 Å². The molecule has 1 aliphatic heterocycles. The van der Waals surface area contributed by atoms with Crippen LogP contribution in [0.3, 0.4) is 0 Å². The molecule has 3 atom stereocenters. The van der Waals surface area contributed by atoms with E-state index in [4.69, 9.17) is 0 Å². The van der Waals surface area contributed by atoms with Crippen molar-refractivity contribution in [2.45, 2.75) is 44.0 Å². The number of aliphatic hydroxyl groups is 1. The van der Waals surface area contributed by atoms with Crippen LogP contribution in [0.1, 0.15) is 46.1 Å². The van der Waals surface area contributed by atoms with Crippen LogP contribution in [0.25, 0.3) is 0 Å². The van der Waals surface area contributed by atoms with E-state index in [0.717, 1.165) is 36.7 Å². The van der Waals surface area contributed by atoms with Gasteiger partial charge in [-0.1, -0.05) is 12.1 Å². The zero-order valence-electron chi connectivity index (χ0n) is 17.9. The van der Waals surface area contributed by atoms with Crippen molar-refractivity contribution in [3.63, 3.8) is 0 Å². The Hall–Kier alpha value is -3.23. The first kappa shape index (κ1) is 22.0. The number of pyridine rings is 1. The summed E-state index contributed by atoms with van der Waals surface area (Å²) in [6.45, 7) is 0.394. The number of halogens is 1. The van der Waals surface area contributed by atoms with Crippen LogP contribution in [0.15, 0.2) is 61.3 Å². The minimum Gasteiger partial charge on any atom is -0.387 e. The topological polar surface area (TPSA) is 91.2 Å². The van der Waals surface area contributed by atoms with Crippen molar-refractivity contribution in [3.05, 3.63) is 89.5 Å². The molecular weight excluding hydrogens is 409 g/mol. The molecule has 0 bridgehead atoms. The summed E-state index contributed by atoms with van der Waals surface area (Å²) >= 11 is 0. The first-order chi connectivity index (χ1) is 15.5. The Kier molecular flexibility index (Phi) is 6.82. The molecule has 3 aromatic rings. The average Bonchev–Trinajstić information content (AvgIpc) is 3.27. The lowest BCUT2D eigenvalue weighted by molar-refractivity contribution is 0.0783. The number of hydrogen-bond acceptors (Lipinski definition) is 6. The van der Waals surface area contributed by atoms with E-state index < -0.39 is 11.9 Å². The number of aromatic nitrogens is 3. The molecule has 0 aliphatic carbocycles. The molecule has 2 aromatic heterocycles. The quantitative estimate of drug-likeness (QED) is 0.593. The highest BCUT2D eigenvalue weighted by Gasteiger charge is 2.30. The zero-order chi connectivity index (χ0) is 22.5. The Morgan fingerprint density at radius 3 is 2.72 bits per heavy atom. The summed E-state index contributed by atoms with van der Waals surface area (Å²) in [6, 6.07) is 8.99. The number of benzene rings is 1. The van der Waals surface area contributed by atoms with Gasteiger partial charge in [0.2, 0.25) is 0 Å². The van der Waals surface area contributed by atoms with Gasteiger partial charge in [-0.2, -0.15) is 0 Å². The number of rotatable bonds is 7. The number of carbonyl (C=O) groups is 1. The molecule has 3 heterocycles. The van der Waals surface area contributed by atoms with Gasteiger partial charge in [0, 0.05) is 48.8 Å². The first-order valence-electron chi connectivity index (χ1n) is 10.6. The number of nitrogens with one attached hydrogen (secondary N) is 1. The molecule has 2 N–H and O–H groups in total. The van der Waals surface area contributed by atoms with Crippen molar-refractivity contribution in [1.29, 1.82) is 0 Å². The average molecular weight is 436 g/mol. The standard InChI is InChI=1S/C24H26FN5O2/c1-30(15-21-14-26-8-9-28-21)24(32)17-4-2-16(3-5-17)10-20-6-7-22(29-20)23(31)18-11-19(25)13-27-12-18/h2-5,8-9,11-14,20,22-23,29,31H,6-7,10,15H2,1H3/t20-,22+,23+/m0/s1.